The second-order valence-corrected chi connectivity index (χ2v) is 11.4. The number of halogens is 3. The average molecular weight is 539 g/mol. The van der Waals surface area contributed by atoms with Gasteiger partial charge in [-0.2, -0.15) is 0 Å². The monoisotopic (exact) mass is 538 g/mol. The van der Waals surface area contributed by atoms with Gasteiger partial charge >= 0.3 is 5.97 Å². The van der Waals surface area contributed by atoms with E-state index in [2.05, 4.69) is 13.8 Å². The summed E-state index contributed by atoms with van der Waals surface area (Å²) < 4.78 is 56.4. The van der Waals surface area contributed by atoms with Crippen LogP contribution in [0, 0.1) is 22.9 Å². The molecule has 1 N–H and O–H groups in total. The highest BCUT2D eigenvalue weighted by Crippen LogP contribution is 2.51. The highest BCUT2D eigenvalue weighted by atomic mass is 19.1. The van der Waals surface area contributed by atoms with E-state index in [-0.39, 0.29) is 47.1 Å². The lowest BCUT2D eigenvalue weighted by Crippen LogP contribution is -2.17. The van der Waals surface area contributed by atoms with Gasteiger partial charge in [-0.05, 0) is 83.4 Å². The molecule has 4 nitrogen and oxygen atoms in total. The van der Waals surface area contributed by atoms with Crippen LogP contribution in [0.4, 0.5) is 13.2 Å². The Hall–Kier alpha value is -3.48. The molecule has 3 aromatic rings. The fourth-order valence-corrected chi connectivity index (χ4v) is 6.46. The summed E-state index contributed by atoms with van der Waals surface area (Å²) in [6.45, 7) is 4.42. The third kappa shape index (κ3) is 5.23. The summed E-state index contributed by atoms with van der Waals surface area (Å²) >= 11 is 0. The molecule has 2 atom stereocenters. The molecule has 0 aromatic heterocycles. The Morgan fingerprint density at radius 3 is 2.51 bits per heavy atom. The average Bonchev–Trinajstić information content (AvgIpc) is 3.48. The molecule has 0 saturated heterocycles. The summed E-state index contributed by atoms with van der Waals surface area (Å²) in [6.07, 6.45) is 3.52. The van der Waals surface area contributed by atoms with Crippen molar-refractivity contribution >= 4 is 5.97 Å². The van der Waals surface area contributed by atoms with Crippen LogP contribution in [0.2, 0.25) is 0 Å². The molecule has 3 aromatic carbocycles. The molecule has 1 fully saturated rings. The zero-order chi connectivity index (χ0) is 27.9. The zero-order valence-electron chi connectivity index (χ0n) is 22.5. The first kappa shape index (κ1) is 27.1. The van der Waals surface area contributed by atoms with Crippen LogP contribution >= 0.6 is 0 Å². The molecule has 5 rings (SSSR count). The topological polar surface area (TPSA) is 55.8 Å². The van der Waals surface area contributed by atoms with Crippen LogP contribution in [-0.2, 0) is 17.8 Å². The molecule has 0 heterocycles. The lowest BCUT2D eigenvalue weighted by atomic mass is 9.75. The number of fused-ring (bicyclic) bond motifs is 1. The van der Waals surface area contributed by atoms with E-state index in [1.165, 1.54) is 6.07 Å². The molecule has 39 heavy (non-hydrogen) atoms. The normalized spacial score (nSPS) is 19.6. The molecule has 206 valence electrons. The van der Waals surface area contributed by atoms with Crippen LogP contribution in [0.25, 0.3) is 11.1 Å². The van der Waals surface area contributed by atoms with Crippen molar-refractivity contribution in [3.05, 3.63) is 82.2 Å². The van der Waals surface area contributed by atoms with E-state index in [9.17, 15) is 14.3 Å². The first-order chi connectivity index (χ1) is 18.6. The SMILES string of the molecule is COc1ccc(F)c(-c2ccc(COc3cc(F)c4c(c3F)C(CC(=O)O)CC4)cc2C2CCCC2(C)C)c1. The van der Waals surface area contributed by atoms with Gasteiger partial charge in [-0.1, -0.05) is 38.5 Å². The van der Waals surface area contributed by atoms with Crippen molar-refractivity contribution in [2.75, 3.05) is 7.11 Å². The molecular formula is C32H33F3O4. The van der Waals surface area contributed by atoms with E-state index in [1.54, 1.807) is 19.2 Å². The van der Waals surface area contributed by atoms with Gasteiger partial charge in [-0.15, -0.1) is 0 Å². The highest BCUT2D eigenvalue weighted by Gasteiger charge is 2.37. The molecule has 0 spiro atoms. The maximum atomic E-state index is 15.4. The number of hydrogen-bond donors (Lipinski definition) is 1. The van der Waals surface area contributed by atoms with E-state index >= 15 is 8.78 Å². The Bertz CT molecular complexity index is 1420. The lowest BCUT2D eigenvalue weighted by Gasteiger charge is -2.30. The van der Waals surface area contributed by atoms with Crippen LogP contribution in [0.3, 0.4) is 0 Å². The third-order valence-electron chi connectivity index (χ3n) is 8.50. The molecular weight excluding hydrogens is 505 g/mol. The number of benzene rings is 3. The number of carbonyl (C=O) groups is 1. The van der Waals surface area contributed by atoms with E-state index in [1.807, 2.05) is 18.2 Å². The van der Waals surface area contributed by atoms with Gasteiger partial charge in [0.05, 0.1) is 13.5 Å². The minimum Gasteiger partial charge on any atom is -0.497 e. The van der Waals surface area contributed by atoms with Gasteiger partial charge in [-0.25, -0.2) is 13.2 Å². The summed E-state index contributed by atoms with van der Waals surface area (Å²) in [7, 11) is 1.54. The molecule has 0 aliphatic heterocycles. The zero-order valence-corrected chi connectivity index (χ0v) is 22.5. The maximum absolute atomic E-state index is 15.4. The van der Waals surface area contributed by atoms with E-state index < -0.39 is 23.5 Å². The fraction of sp³-hybridized carbons (Fsp3) is 0.406. The largest absolute Gasteiger partial charge is 0.497 e. The number of hydrogen-bond acceptors (Lipinski definition) is 3. The van der Waals surface area contributed by atoms with Crippen LogP contribution in [0.1, 0.15) is 80.0 Å². The summed E-state index contributed by atoms with van der Waals surface area (Å²) in [5.74, 6) is -2.72. The number of aliphatic carboxylic acids is 1. The summed E-state index contributed by atoms with van der Waals surface area (Å²) in [4.78, 5) is 11.3. The molecule has 7 heteroatoms. The Kier molecular flexibility index (Phi) is 7.36. The number of carboxylic acids is 1. The minimum atomic E-state index is -1.05. The second-order valence-electron chi connectivity index (χ2n) is 11.4. The second kappa shape index (κ2) is 10.6. The summed E-state index contributed by atoms with van der Waals surface area (Å²) in [6, 6.07) is 11.4. The van der Waals surface area contributed by atoms with Crippen molar-refractivity contribution in [2.24, 2.45) is 5.41 Å². The molecule has 2 unspecified atom stereocenters. The predicted octanol–water partition coefficient (Wildman–Crippen LogP) is 8.16. The van der Waals surface area contributed by atoms with E-state index in [0.717, 1.165) is 42.0 Å². The van der Waals surface area contributed by atoms with Gasteiger partial charge in [-0.3, -0.25) is 4.79 Å². The number of methoxy groups -OCH3 is 1. The minimum absolute atomic E-state index is 0.0119. The van der Waals surface area contributed by atoms with Gasteiger partial charge in [0.2, 0.25) is 0 Å². The number of carboxylic acid groups (broad SMARTS) is 1. The third-order valence-corrected chi connectivity index (χ3v) is 8.50. The first-order valence-electron chi connectivity index (χ1n) is 13.4. The van der Waals surface area contributed by atoms with Crippen LogP contribution in [0.15, 0.2) is 42.5 Å². The maximum Gasteiger partial charge on any atom is 0.303 e. The predicted molar refractivity (Wildman–Crippen MR) is 143 cm³/mol. The Labute approximate surface area is 226 Å². The van der Waals surface area contributed by atoms with Crippen molar-refractivity contribution in [1.29, 1.82) is 0 Å². The summed E-state index contributed by atoms with van der Waals surface area (Å²) in [5, 5.41) is 9.21. The Morgan fingerprint density at radius 2 is 1.82 bits per heavy atom. The van der Waals surface area contributed by atoms with Crippen molar-refractivity contribution in [3.8, 4) is 22.6 Å². The van der Waals surface area contributed by atoms with Gasteiger partial charge < -0.3 is 14.6 Å². The smallest absolute Gasteiger partial charge is 0.303 e. The number of rotatable bonds is 8. The van der Waals surface area contributed by atoms with Crippen molar-refractivity contribution in [2.45, 2.75) is 70.8 Å². The highest BCUT2D eigenvalue weighted by molar-refractivity contribution is 5.71. The molecule has 0 amide bonds. The molecule has 0 bridgehead atoms. The Morgan fingerprint density at radius 1 is 1.03 bits per heavy atom. The quantitative estimate of drug-likeness (QED) is 0.314. The van der Waals surface area contributed by atoms with Gasteiger partial charge in [0.15, 0.2) is 11.6 Å². The van der Waals surface area contributed by atoms with Crippen LogP contribution in [-0.4, -0.2) is 18.2 Å². The lowest BCUT2D eigenvalue weighted by molar-refractivity contribution is -0.137. The standard InChI is InChI=1S/C32H33F3O4/c1-32(2)12-4-5-25(32)23-13-18(6-9-21(23)24-15-20(38-3)8-11-26(24)33)17-39-28-16-27(34)22-10-7-19(14-29(36)37)30(22)31(28)35/h6,8-9,11,13,15-16,19,25H,4-5,7,10,12,14,17H2,1-3H3,(H,36,37). The van der Waals surface area contributed by atoms with Gasteiger partial charge in [0.25, 0.3) is 0 Å². The van der Waals surface area contributed by atoms with E-state index in [4.69, 9.17) is 9.47 Å². The van der Waals surface area contributed by atoms with E-state index in [0.29, 0.717) is 24.2 Å². The molecule has 0 radical (unpaired) electrons. The van der Waals surface area contributed by atoms with Crippen molar-refractivity contribution in [3.63, 3.8) is 0 Å². The van der Waals surface area contributed by atoms with Crippen molar-refractivity contribution < 1.29 is 32.5 Å². The van der Waals surface area contributed by atoms with Gasteiger partial charge in [0, 0.05) is 17.2 Å². The van der Waals surface area contributed by atoms with Crippen molar-refractivity contribution in [1.82, 2.24) is 0 Å². The Balaban J connectivity index is 1.49. The molecule has 2 aliphatic carbocycles. The molecule has 1 saturated carbocycles. The number of ether oxygens (including phenoxy) is 2. The summed E-state index contributed by atoms with van der Waals surface area (Å²) in [5.41, 5.74) is 3.34. The first-order valence-corrected chi connectivity index (χ1v) is 13.4. The van der Waals surface area contributed by atoms with Gasteiger partial charge in [0.1, 0.15) is 24.0 Å². The van der Waals surface area contributed by atoms with Crippen LogP contribution < -0.4 is 9.47 Å². The molecule has 2 aliphatic rings. The van der Waals surface area contributed by atoms with Crippen LogP contribution in [0.5, 0.6) is 11.5 Å². The fourth-order valence-electron chi connectivity index (χ4n) is 6.46.